The van der Waals surface area contributed by atoms with E-state index < -0.39 is 77.4 Å². The van der Waals surface area contributed by atoms with Gasteiger partial charge in [0.25, 0.3) is 0 Å². The Hall–Kier alpha value is -1.09. The first-order valence-electron chi connectivity index (χ1n) is 10.0. The van der Waals surface area contributed by atoms with E-state index in [2.05, 4.69) is 13.3 Å². The van der Waals surface area contributed by atoms with Crippen molar-refractivity contribution in [3.8, 4) is 0 Å². The topological polar surface area (TPSA) is 27.7 Å². The molecule has 0 aromatic carbocycles. The van der Waals surface area contributed by atoms with Crippen molar-refractivity contribution in [3.63, 3.8) is 0 Å². The molecule has 0 aliphatic carbocycles. The average Bonchev–Trinajstić information content (AvgIpc) is 2.62. The summed E-state index contributed by atoms with van der Waals surface area (Å²) in [4.78, 5) is 0. The molecule has 0 aromatic rings. The quantitative estimate of drug-likeness (QED) is 0.0994. The van der Waals surface area contributed by atoms with Gasteiger partial charge in [0.15, 0.2) is 0 Å². The molecule has 0 spiro atoms. The zero-order valence-electron chi connectivity index (χ0n) is 18.1. The predicted molar refractivity (Wildman–Crippen MR) is 89.8 cm³/mol. The van der Waals surface area contributed by atoms with E-state index in [9.17, 15) is 74.6 Å². The van der Waals surface area contributed by atoms with Gasteiger partial charge in [0.1, 0.15) is 0 Å². The fourth-order valence-electron chi connectivity index (χ4n) is 2.50. The lowest BCUT2D eigenvalue weighted by Gasteiger charge is -2.38. The fraction of sp³-hybridized carbons (Fsp3) is 1.00. The van der Waals surface area contributed by atoms with Crippen LogP contribution >= 0.6 is 0 Å². The third kappa shape index (κ3) is 11.7. The van der Waals surface area contributed by atoms with E-state index in [0.29, 0.717) is 0 Å². The minimum Gasteiger partial charge on any atom is -0.306 e. The zero-order valence-corrected chi connectivity index (χ0v) is 19.1. The maximum absolute atomic E-state index is 13.4. The van der Waals surface area contributed by atoms with E-state index in [4.69, 9.17) is 0 Å². The van der Waals surface area contributed by atoms with E-state index in [1.54, 1.807) is 0 Å². The van der Waals surface area contributed by atoms with Gasteiger partial charge in [0.2, 0.25) is 6.43 Å². The Kier molecular flexibility index (Phi) is 12.5. The van der Waals surface area contributed by atoms with Crippen LogP contribution in [-0.4, -0.2) is 52.1 Å². The van der Waals surface area contributed by atoms with Crippen LogP contribution in [0.2, 0.25) is 6.04 Å². The lowest BCUT2D eigenvalue weighted by atomic mass is 10.1. The van der Waals surface area contributed by atoms with E-state index in [1.807, 2.05) is 0 Å². The lowest BCUT2D eigenvalue weighted by molar-refractivity contribution is -0.421. The summed E-state index contributed by atoms with van der Waals surface area (Å²) in [6.45, 7) is 0. The van der Waals surface area contributed by atoms with Crippen LogP contribution in [0.4, 0.5) is 74.6 Å². The van der Waals surface area contributed by atoms with Gasteiger partial charge < -0.3 is 13.3 Å². The average molecular weight is 610 g/mol. The Morgan fingerprint density at radius 3 is 0.973 bits per heavy atom. The Morgan fingerprint density at radius 1 is 0.432 bits per heavy atom. The number of unbranched alkanes of at least 4 members (excludes halogenated alkanes) is 6. The standard InChI is InChI=1S/C16H19F17O3Si/c17-10(18)8-6-4-2-1-3-5-7-9-37(34-14(28,29)11(19,20)21,35-15(30,31)12(22,23)24)36-16(32,33)13(25,26)27/h10H,1-9H2. The monoisotopic (exact) mass is 610 g/mol. The molecule has 0 saturated carbocycles. The largest absolute Gasteiger partial charge is 0.514 e. The highest BCUT2D eigenvalue weighted by Gasteiger charge is 2.74. The smallest absolute Gasteiger partial charge is 0.306 e. The number of hydrogen-bond donors (Lipinski definition) is 0. The number of hydrogen-bond acceptors (Lipinski definition) is 3. The Morgan fingerprint density at radius 2 is 0.703 bits per heavy atom. The first kappa shape index (κ1) is 35.9. The van der Waals surface area contributed by atoms with Crippen molar-refractivity contribution in [2.45, 2.75) is 101 Å². The highest BCUT2D eigenvalue weighted by Crippen LogP contribution is 2.48. The number of alkyl halides is 17. The maximum atomic E-state index is 13.4. The highest BCUT2D eigenvalue weighted by molar-refractivity contribution is 6.61. The van der Waals surface area contributed by atoms with Gasteiger partial charge in [-0.3, -0.25) is 0 Å². The molecule has 0 saturated heterocycles. The minimum atomic E-state index is -7.62. The van der Waals surface area contributed by atoms with E-state index in [0.717, 1.165) is 0 Å². The zero-order chi connectivity index (χ0) is 29.6. The molecule has 37 heavy (non-hydrogen) atoms. The van der Waals surface area contributed by atoms with Crippen LogP contribution in [-0.2, 0) is 13.3 Å². The molecule has 3 nitrogen and oxygen atoms in total. The molecule has 0 radical (unpaired) electrons. The van der Waals surface area contributed by atoms with Crippen molar-refractivity contribution in [2.24, 2.45) is 0 Å². The van der Waals surface area contributed by atoms with Crippen molar-refractivity contribution in [1.29, 1.82) is 0 Å². The van der Waals surface area contributed by atoms with Gasteiger partial charge in [-0.05, 0) is 12.8 Å². The lowest BCUT2D eigenvalue weighted by Crippen LogP contribution is -2.63. The van der Waals surface area contributed by atoms with Crippen molar-refractivity contribution in [2.75, 3.05) is 0 Å². The second-order valence-electron chi connectivity index (χ2n) is 7.44. The first-order valence-corrected chi connectivity index (χ1v) is 11.9. The number of rotatable bonds is 16. The summed E-state index contributed by atoms with van der Waals surface area (Å²) in [7, 11) is -7.62. The summed E-state index contributed by atoms with van der Waals surface area (Å²) in [5, 5.41) is 0. The van der Waals surface area contributed by atoms with Crippen molar-refractivity contribution in [1.82, 2.24) is 0 Å². The van der Waals surface area contributed by atoms with Crippen LogP contribution in [0, 0.1) is 0 Å². The van der Waals surface area contributed by atoms with Gasteiger partial charge in [-0.2, -0.15) is 65.9 Å². The molecule has 0 amide bonds. The van der Waals surface area contributed by atoms with Gasteiger partial charge in [0, 0.05) is 12.5 Å². The summed E-state index contributed by atoms with van der Waals surface area (Å²) < 4.78 is 225. The second-order valence-corrected chi connectivity index (χ2v) is 9.92. The molecule has 224 valence electrons. The molecule has 21 heteroatoms. The van der Waals surface area contributed by atoms with Crippen LogP contribution < -0.4 is 0 Å². The summed E-state index contributed by atoms with van der Waals surface area (Å²) in [5.41, 5.74) is 0. The molecule has 0 atom stereocenters. The van der Waals surface area contributed by atoms with E-state index >= 15 is 0 Å². The molecule has 0 aromatic heterocycles. The van der Waals surface area contributed by atoms with Crippen LogP contribution in [0.1, 0.15) is 51.4 Å². The summed E-state index contributed by atoms with van der Waals surface area (Å²) >= 11 is 0. The van der Waals surface area contributed by atoms with Gasteiger partial charge in [-0.15, -0.1) is 0 Å². The molecule has 0 aliphatic heterocycles. The summed E-state index contributed by atoms with van der Waals surface area (Å²) in [5.74, 6) is 0. The Bertz CT molecular complexity index is 606. The van der Waals surface area contributed by atoms with Crippen molar-refractivity contribution < 1.29 is 87.9 Å². The Balaban J connectivity index is 5.96. The molecular formula is C16H19F17O3Si. The van der Waals surface area contributed by atoms with Crippen LogP contribution in [0.5, 0.6) is 0 Å². The van der Waals surface area contributed by atoms with E-state index in [1.165, 1.54) is 0 Å². The SMILES string of the molecule is FC(F)CCCCCCCCC[Si](OC(F)(F)C(F)(F)F)(OC(F)(F)C(F)(F)F)OC(F)(F)C(F)(F)F. The van der Waals surface area contributed by atoms with Crippen LogP contribution in [0.3, 0.4) is 0 Å². The molecule has 0 rings (SSSR count). The predicted octanol–water partition coefficient (Wildman–Crippen LogP) is 8.83. The minimum absolute atomic E-state index is 0.0504. The van der Waals surface area contributed by atoms with Crippen LogP contribution in [0.15, 0.2) is 0 Å². The maximum Gasteiger partial charge on any atom is 0.514 e. The first-order chi connectivity index (χ1) is 16.3. The molecule has 0 aliphatic rings. The molecular weight excluding hydrogens is 591 g/mol. The van der Waals surface area contributed by atoms with Gasteiger partial charge in [-0.1, -0.05) is 32.1 Å². The normalized spacial score (nSPS) is 15.1. The summed E-state index contributed by atoms with van der Waals surface area (Å²) in [6.07, 6.45) is -45.8. The third-order valence-electron chi connectivity index (χ3n) is 4.25. The molecule has 0 bridgehead atoms. The number of halogens is 17. The second kappa shape index (κ2) is 12.8. The summed E-state index contributed by atoms with van der Waals surface area (Å²) in [6, 6.07) is -2.18. The van der Waals surface area contributed by atoms with Crippen molar-refractivity contribution >= 4 is 8.80 Å². The Labute approximate surface area is 198 Å². The van der Waals surface area contributed by atoms with Crippen molar-refractivity contribution in [3.05, 3.63) is 0 Å². The highest BCUT2D eigenvalue weighted by atomic mass is 28.4. The fourth-order valence-corrected chi connectivity index (χ4v) is 5.13. The van der Waals surface area contributed by atoms with Crippen LogP contribution in [0.25, 0.3) is 0 Å². The third-order valence-corrected chi connectivity index (χ3v) is 6.91. The molecule has 0 heterocycles. The molecule has 0 N–H and O–H groups in total. The van der Waals surface area contributed by atoms with Gasteiger partial charge >= 0.3 is 45.7 Å². The molecule has 0 unspecified atom stereocenters. The van der Waals surface area contributed by atoms with E-state index in [-0.39, 0.29) is 32.1 Å². The van der Waals surface area contributed by atoms with Gasteiger partial charge in [-0.25, -0.2) is 8.78 Å². The van der Waals surface area contributed by atoms with Gasteiger partial charge in [0.05, 0.1) is 0 Å². The molecule has 0 fully saturated rings.